The van der Waals surface area contributed by atoms with Gasteiger partial charge in [0, 0.05) is 6.07 Å². The number of rotatable bonds is 2. The van der Waals surface area contributed by atoms with E-state index in [1.807, 2.05) is 0 Å². The molecule has 1 aliphatic heterocycles. The largest absolute Gasteiger partial charge is 0.307 e. The van der Waals surface area contributed by atoms with Crippen molar-refractivity contribution in [3.8, 4) is 5.69 Å². The van der Waals surface area contributed by atoms with Crippen LogP contribution in [0, 0.1) is 11.6 Å². The van der Waals surface area contributed by atoms with Crippen LogP contribution in [0.3, 0.4) is 0 Å². The van der Waals surface area contributed by atoms with Gasteiger partial charge in [-0.25, -0.2) is 8.78 Å². The summed E-state index contributed by atoms with van der Waals surface area (Å²) in [5.74, 6) is -0.545. The number of hydrogen-bond acceptors (Lipinski definition) is 3. The molecule has 0 saturated carbocycles. The van der Waals surface area contributed by atoms with E-state index in [2.05, 4.69) is 15.5 Å². The minimum absolute atomic E-state index is 0.0805. The van der Waals surface area contributed by atoms with E-state index < -0.39 is 11.6 Å². The highest BCUT2D eigenvalue weighted by molar-refractivity contribution is 5.35. The second-order valence-corrected chi connectivity index (χ2v) is 4.30. The molecule has 1 saturated heterocycles. The summed E-state index contributed by atoms with van der Waals surface area (Å²) in [6, 6.07) is 3.56. The lowest BCUT2D eigenvalue weighted by molar-refractivity contribution is 0.562. The number of nitrogens with one attached hydrogen (secondary N) is 1. The first-order chi connectivity index (χ1) is 8.75. The Kier molecular flexibility index (Phi) is 2.79. The van der Waals surface area contributed by atoms with Crippen LogP contribution in [0.15, 0.2) is 24.5 Å². The van der Waals surface area contributed by atoms with Crippen LogP contribution in [-0.4, -0.2) is 21.3 Å². The normalized spacial score (nSPS) is 19.3. The van der Waals surface area contributed by atoms with E-state index >= 15 is 0 Å². The zero-order valence-corrected chi connectivity index (χ0v) is 9.61. The molecular weight excluding hydrogens is 238 g/mol. The third-order valence-corrected chi connectivity index (χ3v) is 3.12. The van der Waals surface area contributed by atoms with Gasteiger partial charge >= 0.3 is 0 Å². The third-order valence-electron chi connectivity index (χ3n) is 3.12. The molecule has 6 heteroatoms. The van der Waals surface area contributed by atoms with Crippen molar-refractivity contribution >= 4 is 0 Å². The van der Waals surface area contributed by atoms with Gasteiger partial charge < -0.3 is 5.32 Å². The van der Waals surface area contributed by atoms with Gasteiger partial charge in [-0.1, -0.05) is 0 Å². The van der Waals surface area contributed by atoms with Crippen LogP contribution in [0.4, 0.5) is 8.78 Å². The average Bonchev–Trinajstić information content (AvgIpc) is 2.98. The fourth-order valence-corrected chi connectivity index (χ4v) is 2.25. The van der Waals surface area contributed by atoms with Crippen molar-refractivity contribution in [3.63, 3.8) is 0 Å². The Hall–Kier alpha value is -1.82. The van der Waals surface area contributed by atoms with Crippen LogP contribution < -0.4 is 5.32 Å². The highest BCUT2D eigenvalue weighted by Gasteiger charge is 2.23. The molecule has 1 fully saturated rings. The Morgan fingerprint density at radius 3 is 2.94 bits per heavy atom. The summed E-state index contributed by atoms with van der Waals surface area (Å²) in [6.45, 7) is 0.920. The Morgan fingerprint density at radius 1 is 1.33 bits per heavy atom. The molecule has 1 aliphatic rings. The van der Waals surface area contributed by atoms with E-state index in [9.17, 15) is 8.78 Å². The van der Waals surface area contributed by atoms with Crippen molar-refractivity contribution in [2.24, 2.45) is 0 Å². The first-order valence-corrected chi connectivity index (χ1v) is 5.84. The molecule has 0 radical (unpaired) electrons. The summed E-state index contributed by atoms with van der Waals surface area (Å²) in [5, 5.41) is 11.1. The Morgan fingerprint density at radius 2 is 2.22 bits per heavy atom. The lowest BCUT2D eigenvalue weighted by Gasteiger charge is -2.12. The molecule has 3 rings (SSSR count). The lowest BCUT2D eigenvalue weighted by Crippen LogP contribution is -2.17. The highest BCUT2D eigenvalue weighted by atomic mass is 19.1. The number of hydrogen-bond donors (Lipinski definition) is 1. The molecule has 1 aromatic heterocycles. The molecule has 0 amide bonds. The van der Waals surface area contributed by atoms with E-state index in [-0.39, 0.29) is 11.7 Å². The fraction of sp³-hybridized carbons (Fsp3) is 0.333. The minimum atomic E-state index is -0.617. The van der Waals surface area contributed by atoms with Crippen molar-refractivity contribution in [1.29, 1.82) is 0 Å². The van der Waals surface area contributed by atoms with Crippen LogP contribution in [0.2, 0.25) is 0 Å². The van der Waals surface area contributed by atoms with Crippen molar-refractivity contribution in [2.45, 2.75) is 18.9 Å². The maximum absolute atomic E-state index is 13.7. The molecule has 2 heterocycles. The summed E-state index contributed by atoms with van der Waals surface area (Å²) in [4.78, 5) is 0. The number of benzene rings is 1. The van der Waals surface area contributed by atoms with Gasteiger partial charge in [0.2, 0.25) is 0 Å². The van der Waals surface area contributed by atoms with Gasteiger partial charge in [-0.15, -0.1) is 10.2 Å². The van der Waals surface area contributed by atoms with Crippen LogP contribution in [0.25, 0.3) is 5.69 Å². The van der Waals surface area contributed by atoms with Gasteiger partial charge in [0.15, 0.2) is 5.82 Å². The second kappa shape index (κ2) is 4.45. The molecule has 1 N–H and O–H groups in total. The van der Waals surface area contributed by atoms with Gasteiger partial charge in [-0.3, -0.25) is 4.57 Å². The van der Waals surface area contributed by atoms with Crippen LogP contribution in [0.5, 0.6) is 0 Å². The molecule has 1 unspecified atom stereocenters. The number of nitrogens with zero attached hydrogens (tertiary/aromatic N) is 3. The van der Waals surface area contributed by atoms with Crippen molar-refractivity contribution in [2.75, 3.05) is 6.54 Å². The van der Waals surface area contributed by atoms with Crippen molar-refractivity contribution < 1.29 is 8.78 Å². The zero-order valence-electron chi connectivity index (χ0n) is 9.61. The zero-order chi connectivity index (χ0) is 12.5. The molecule has 0 bridgehead atoms. The second-order valence-electron chi connectivity index (χ2n) is 4.30. The molecule has 94 valence electrons. The highest BCUT2D eigenvalue weighted by Crippen LogP contribution is 2.24. The topological polar surface area (TPSA) is 42.7 Å². The molecule has 1 atom stereocenters. The first-order valence-electron chi connectivity index (χ1n) is 5.84. The first kappa shape index (κ1) is 11.3. The standard InChI is InChI=1S/C12H12F2N4/c13-8-3-4-11(9(14)6-8)18-7-16-17-12(18)10-2-1-5-15-10/h3-4,6-7,10,15H,1-2,5H2. The summed E-state index contributed by atoms with van der Waals surface area (Å²) in [6.07, 6.45) is 3.45. The van der Waals surface area contributed by atoms with Gasteiger partial charge in [-0.05, 0) is 31.5 Å². The van der Waals surface area contributed by atoms with Gasteiger partial charge in [0.1, 0.15) is 18.0 Å². The Balaban J connectivity index is 2.03. The van der Waals surface area contributed by atoms with E-state index in [1.165, 1.54) is 18.5 Å². The molecule has 18 heavy (non-hydrogen) atoms. The van der Waals surface area contributed by atoms with Gasteiger partial charge in [0.25, 0.3) is 0 Å². The fourth-order valence-electron chi connectivity index (χ4n) is 2.25. The average molecular weight is 250 g/mol. The lowest BCUT2D eigenvalue weighted by atomic mass is 10.2. The van der Waals surface area contributed by atoms with Crippen LogP contribution >= 0.6 is 0 Å². The predicted octanol–water partition coefficient (Wildman–Crippen LogP) is 1.97. The smallest absolute Gasteiger partial charge is 0.154 e. The molecule has 0 aliphatic carbocycles. The predicted molar refractivity (Wildman–Crippen MR) is 61.3 cm³/mol. The van der Waals surface area contributed by atoms with E-state index in [4.69, 9.17) is 0 Å². The molecule has 0 spiro atoms. The minimum Gasteiger partial charge on any atom is -0.307 e. The summed E-state index contributed by atoms with van der Waals surface area (Å²) >= 11 is 0. The third kappa shape index (κ3) is 1.88. The van der Waals surface area contributed by atoms with Gasteiger partial charge in [0.05, 0.1) is 11.7 Å². The van der Waals surface area contributed by atoms with E-state index in [0.717, 1.165) is 25.5 Å². The Bertz CT molecular complexity index is 561. The van der Waals surface area contributed by atoms with E-state index in [1.54, 1.807) is 4.57 Å². The molecule has 4 nitrogen and oxygen atoms in total. The van der Waals surface area contributed by atoms with Crippen molar-refractivity contribution in [3.05, 3.63) is 42.0 Å². The summed E-state index contributed by atoms with van der Waals surface area (Å²) in [5.41, 5.74) is 0.269. The maximum atomic E-state index is 13.7. The molecule has 1 aromatic carbocycles. The van der Waals surface area contributed by atoms with Crippen LogP contribution in [-0.2, 0) is 0 Å². The van der Waals surface area contributed by atoms with Crippen LogP contribution in [0.1, 0.15) is 24.7 Å². The monoisotopic (exact) mass is 250 g/mol. The van der Waals surface area contributed by atoms with Gasteiger partial charge in [-0.2, -0.15) is 0 Å². The molecule has 2 aromatic rings. The van der Waals surface area contributed by atoms with Crippen molar-refractivity contribution in [1.82, 2.24) is 20.1 Å². The molecular formula is C12H12F2N4. The quantitative estimate of drug-likeness (QED) is 0.886. The van der Waals surface area contributed by atoms with E-state index in [0.29, 0.717) is 5.82 Å². The Labute approximate surface area is 103 Å². The number of aromatic nitrogens is 3. The summed E-state index contributed by atoms with van der Waals surface area (Å²) < 4.78 is 28.2. The SMILES string of the molecule is Fc1ccc(-n2cnnc2C2CCCN2)c(F)c1. The maximum Gasteiger partial charge on any atom is 0.154 e. The summed E-state index contributed by atoms with van der Waals surface area (Å²) in [7, 11) is 0. The number of halogens is 2.